The number of hydrogen-bond donors (Lipinski definition) is 0. The van der Waals surface area contributed by atoms with Gasteiger partial charge in [-0.05, 0) is 31.5 Å². The Bertz CT molecular complexity index is 313. The number of hydrogen-bond acceptors (Lipinski definition) is 4. The van der Waals surface area contributed by atoms with Crippen molar-refractivity contribution in [1.29, 1.82) is 0 Å². The first-order chi connectivity index (χ1) is 7.24. The first-order valence-electron chi connectivity index (χ1n) is 5.24. The van der Waals surface area contributed by atoms with Crippen LogP contribution in [0.3, 0.4) is 0 Å². The average molecular weight is 209 g/mol. The molecule has 1 fully saturated rings. The van der Waals surface area contributed by atoms with Crippen molar-refractivity contribution in [2.75, 3.05) is 13.7 Å². The molecule has 0 aromatic rings. The molecule has 2 unspecified atom stereocenters. The number of piperidine rings is 1. The standard InChI is InChI=1S/C11H15NO3/c1-15-10(14)11(8-13)5-7-12-6-3-2-4-9(11)12/h5,7-9H,2-4,6H2,1H3. The summed E-state index contributed by atoms with van der Waals surface area (Å²) in [6.07, 6.45) is 7.33. The van der Waals surface area contributed by atoms with Crippen LogP contribution in [0, 0.1) is 5.41 Å². The van der Waals surface area contributed by atoms with Crippen LogP contribution < -0.4 is 0 Å². The highest BCUT2D eigenvalue weighted by Gasteiger charge is 2.51. The highest BCUT2D eigenvalue weighted by molar-refractivity contribution is 5.97. The number of fused-ring (bicyclic) bond motifs is 1. The van der Waals surface area contributed by atoms with Gasteiger partial charge in [-0.25, -0.2) is 0 Å². The minimum absolute atomic E-state index is 0.0313. The molecule has 2 aliphatic heterocycles. The number of methoxy groups -OCH3 is 1. The third kappa shape index (κ3) is 1.35. The van der Waals surface area contributed by atoms with Gasteiger partial charge in [-0.2, -0.15) is 0 Å². The maximum atomic E-state index is 11.7. The van der Waals surface area contributed by atoms with Crippen molar-refractivity contribution in [3.63, 3.8) is 0 Å². The topological polar surface area (TPSA) is 46.6 Å². The van der Waals surface area contributed by atoms with E-state index in [1.165, 1.54) is 7.11 Å². The number of rotatable bonds is 2. The molecule has 4 nitrogen and oxygen atoms in total. The molecule has 0 saturated carbocycles. The van der Waals surface area contributed by atoms with E-state index in [2.05, 4.69) is 4.90 Å². The Balaban J connectivity index is 2.30. The summed E-state index contributed by atoms with van der Waals surface area (Å²) in [6, 6.07) is -0.0313. The Kier molecular flexibility index (Phi) is 2.50. The molecule has 0 amide bonds. The van der Waals surface area contributed by atoms with E-state index in [-0.39, 0.29) is 6.04 Å². The van der Waals surface area contributed by atoms with E-state index in [1.807, 2.05) is 6.20 Å². The third-order valence-electron chi connectivity index (χ3n) is 3.37. The van der Waals surface area contributed by atoms with E-state index < -0.39 is 11.4 Å². The largest absolute Gasteiger partial charge is 0.468 e. The Morgan fingerprint density at radius 1 is 1.60 bits per heavy atom. The minimum atomic E-state index is -1.06. The molecule has 2 atom stereocenters. The van der Waals surface area contributed by atoms with Crippen LogP contribution in [0.5, 0.6) is 0 Å². The lowest BCUT2D eigenvalue weighted by Gasteiger charge is -2.36. The monoisotopic (exact) mass is 209 g/mol. The lowest BCUT2D eigenvalue weighted by Crippen LogP contribution is -2.48. The lowest BCUT2D eigenvalue weighted by molar-refractivity contribution is -0.154. The van der Waals surface area contributed by atoms with E-state index in [1.54, 1.807) is 6.08 Å². The quantitative estimate of drug-likeness (QED) is 0.382. The van der Waals surface area contributed by atoms with Crippen molar-refractivity contribution in [3.8, 4) is 0 Å². The summed E-state index contributed by atoms with van der Waals surface area (Å²) in [4.78, 5) is 25.0. The van der Waals surface area contributed by atoms with Gasteiger partial charge in [-0.3, -0.25) is 4.79 Å². The fourth-order valence-corrected chi connectivity index (χ4v) is 2.52. The summed E-state index contributed by atoms with van der Waals surface area (Å²) in [5.41, 5.74) is -1.06. The fraction of sp³-hybridized carbons (Fsp3) is 0.636. The number of carbonyl (C=O) groups excluding carboxylic acids is 2. The predicted molar refractivity (Wildman–Crippen MR) is 54.0 cm³/mol. The van der Waals surface area contributed by atoms with E-state index in [0.29, 0.717) is 0 Å². The molecule has 0 aliphatic carbocycles. The molecule has 0 aromatic carbocycles. The van der Waals surface area contributed by atoms with Crippen molar-refractivity contribution < 1.29 is 14.3 Å². The Hall–Kier alpha value is -1.32. The zero-order chi connectivity index (χ0) is 10.9. The van der Waals surface area contributed by atoms with Gasteiger partial charge in [-0.1, -0.05) is 0 Å². The second-order valence-corrected chi connectivity index (χ2v) is 4.11. The minimum Gasteiger partial charge on any atom is -0.468 e. The number of nitrogens with zero attached hydrogens (tertiary/aromatic N) is 1. The van der Waals surface area contributed by atoms with Crippen molar-refractivity contribution in [2.45, 2.75) is 25.3 Å². The smallest absolute Gasteiger partial charge is 0.325 e. The normalized spacial score (nSPS) is 33.7. The summed E-state index contributed by atoms with van der Waals surface area (Å²) in [5.74, 6) is -0.442. The summed E-state index contributed by atoms with van der Waals surface area (Å²) < 4.78 is 4.73. The Morgan fingerprint density at radius 3 is 3.07 bits per heavy atom. The zero-order valence-corrected chi connectivity index (χ0v) is 8.81. The van der Waals surface area contributed by atoms with Crippen LogP contribution in [0.1, 0.15) is 19.3 Å². The van der Waals surface area contributed by atoms with Crippen LogP contribution in [0.4, 0.5) is 0 Å². The number of carbonyl (C=O) groups is 2. The first kappa shape index (κ1) is 10.2. The number of esters is 1. The van der Waals surface area contributed by atoms with Gasteiger partial charge < -0.3 is 14.4 Å². The lowest BCUT2D eigenvalue weighted by atomic mass is 9.79. The Labute approximate surface area is 88.9 Å². The number of aldehydes is 1. The van der Waals surface area contributed by atoms with Crippen molar-refractivity contribution in [1.82, 2.24) is 4.90 Å². The van der Waals surface area contributed by atoms with Gasteiger partial charge >= 0.3 is 5.97 Å². The van der Waals surface area contributed by atoms with Crippen LogP contribution in [-0.2, 0) is 14.3 Å². The molecular weight excluding hydrogens is 194 g/mol. The second kappa shape index (κ2) is 3.68. The summed E-state index contributed by atoms with van der Waals surface area (Å²) >= 11 is 0. The van der Waals surface area contributed by atoms with Gasteiger partial charge in [0.1, 0.15) is 6.29 Å². The summed E-state index contributed by atoms with van der Waals surface area (Å²) in [5, 5.41) is 0. The highest BCUT2D eigenvalue weighted by atomic mass is 16.5. The number of ether oxygens (including phenoxy) is 1. The third-order valence-corrected chi connectivity index (χ3v) is 3.37. The average Bonchev–Trinajstić information content (AvgIpc) is 2.68. The van der Waals surface area contributed by atoms with Crippen molar-refractivity contribution in [3.05, 3.63) is 12.3 Å². The SMILES string of the molecule is COC(=O)C1(C=O)C=CN2CCCCC21. The second-order valence-electron chi connectivity index (χ2n) is 4.11. The molecule has 0 N–H and O–H groups in total. The maximum absolute atomic E-state index is 11.7. The molecule has 0 spiro atoms. The van der Waals surface area contributed by atoms with E-state index >= 15 is 0 Å². The maximum Gasteiger partial charge on any atom is 0.325 e. The molecule has 15 heavy (non-hydrogen) atoms. The van der Waals surface area contributed by atoms with Crippen LogP contribution in [-0.4, -0.2) is 36.9 Å². The van der Waals surface area contributed by atoms with Gasteiger partial charge in [-0.15, -0.1) is 0 Å². The van der Waals surface area contributed by atoms with Crippen LogP contribution in [0.2, 0.25) is 0 Å². The van der Waals surface area contributed by atoms with Crippen LogP contribution in [0.25, 0.3) is 0 Å². The molecule has 4 heteroatoms. The molecule has 0 aromatic heterocycles. The van der Waals surface area contributed by atoms with Gasteiger partial charge in [0.2, 0.25) is 0 Å². The molecular formula is C11H15NO3. The van der Waals surface area contributed by atoms with Crippen molar-refractivity contribution >= 4 is 12.3 Å². The first-order valence-corrected chi connectivity index (χ1v) is 5.24. The Morgan fingerprint density at radius 2 is 2.40 bits per heavy atom. The molecule has 82 valence electrons. The van der Waals surface area contributed by atoms with Crippen LogP contribution in [0.15, 0.2) is 12.3 Å². The van der Waals surface area contributed by atoms with E-state index in [0.717, 1.165) is 32.1 Å². The molecule has 2 heterocycles. The molecule has 0 radical (unpaired) electrons. The molecule has 1 saturated heterocycles. The van der Waals surface area contributed by atoms with Gasteiger partial charge in [0, 0.05) is 6.54 Å². The summed E-state index contributed by atoms with van der Waals surface area (Å²) in [6.45, 7) is 0.924. The van der Waals surface area contributed by atoms with Crippen molar-refractivity contribution in [2.24, 2.45) is 5.41 Å². The van der Waals surface area contributed by atoms with Crippen LogP contribution >= 0.6 is 0 Å². The predicted octanol–water partition coefficient (Wildman–Crippen LogP) is 0.726. The summed E-state index contributed by atoms with van der Waals surface area (Å²) in [7, 11) is 1.33. The molecule has 0 bridgehead atoms. The fourth-order valence-electron chi connectivity index (χ4n) is 2.52. The zero-order valence-electron chi connectivity index (χ0n) is 8.81. The van der Waals surface area contributed by atoms with Gasteiger partial charge in [0.05, 0.1) is 13.2 Å². The van der Waals surface area contributed by atoms with E-state index in [9.17, 15) is 9.59 Å². The van der Waals surface area contributed by atoms with Gasteiger partial charge in [0.15, 0.2) is 5.41 Å². The molecule has 2 rings (SSSR count). The highest BCUT2D eigenvalue weighted by Crippen LogP contribution is 2.38. The van der Waals surface area contributed by atoms with Gasteiger partial charge in [0.25, 0.3) is 0 Å². The molecule has 2 aliphatic rings. The van der Waals surface area contributed by atoms with E-state index in [4.69, 9.17) is 4.74 Å².